The number of carbonyl (C=O) groups excluding carboxylic acids is 3. The molecule has 1 radical (unpaired) electrons. The van der Waals surface area contributed by atoms with Gasteiger partial charge in [0.2, 0.25) is 0 Å². The van der Waals surface area contributed by atoms with Crippen LogP contribution >= 0.6 is 0 Å². The number of primary amides is 1. The molecule has 0 saturated heterocycles. The average Bonchev–Trinajstić information content (AvgIpc) is 1.96. The molecule has 1 unspecified atom stereocenters. The summed E-state index contributed by atoms with van der Waals surface area (Å²) in [5.74, 6) is -2.99. The van der Waals surface area contributed by atoms with Crippen LogP contribution in [0.1, 0.15) is 12.8 Å². The molecule has 0 aromatic carbocycles. The molecule has 0 rings (SSSR count). The smallest absolute Gasteiger partial charge is 0.550 e. The Balaban J connectivity index is 0. The van der Waals surface area contributed by atoms with Gasteiger partial charge < -0.3 is 30.9 Å². The maximum atomic E-state index is 10.3. The molecule has 79 valence electrons. The number of carboxylic acids is 2. The monoisotopic (exact) mass is 243 g/mol. The fraction of sp³-hybridized carbons (Fsp3) is 0.500. The Morgan fingerprint density at radius 3 is 2.07 bits per heavy atom. The van der Waals surface area contributed by atoms with Crippen LogP contribution in [0.2, 0.25) is 0 Å². The van der Waals surface area contributed by atoms with Gasteiger partial charge in [0.15, 0.2) is 0 Å². The van der Waals surface area contributed by atoms with Crippen LogP contribution in [0.4, 0.5) is 4.79 Å². The number of hydrogen-bond donors (Lipinski definition) is 2. The second-order valence-electron chi connectivity index (χ2n) is 2.29. The van der Waals surface area contributed by atoms with Crippen LogP contribution in [0.25, 0.3) is 0 Å². The molecule has 8 heteroatoms. The molecule has 0 aromatic rings. The van der Waals surface area contributed by atoms with Gasteiger partial charge in [0.25, 0.3) is 0 Å². The third-order valence-corrected chi connectivity index (χ3v) is 1.24. The SMILES string of the molecule is NC(=O)NC(CCC(=O)[O-])C(=O)[O-].[Mn+2]. The van der Waals surface area contributed by atoms with E-state index >= 15 is 0 Å². The molecule has 2 amide bonds. The number of carbonyl (C=O) groups is 3. The fourth-order valence-corrected chi connectivity index (χ4v) is 0.683. The van der Waals surface area contributed by atoms with Crippen LogP contribution in [-0.4, -0.2) is 24.0 Å². The summed E-state index contributed by atoms with van der Waals surface area (Å²) < 4.78 is 0. The van der Waals surface area contributed by atoms with Gasteiger partial charge in [0.05, 0.1) is 12.0 Å². The van der Waals surface area contributed by atoms with Gasteiger partial charge in [-0.3, -0.25) is 0 Å². The number of urea groups is 1. The number of hydrogen-bond acceptors (Lipinski definition) is 5. The van der Waals surface area contributed by atoms with E-state index in [4.69, 9.17) is 0 Å². The Labute approximate surface area is 90.1 Å². The quantitative estimate of drug-likeness (QED) is 0.479. The van der Waals surface area contributed by atoms with E-state index in [-0.39, 0.29) is 23.5 Å². The van der Waals surface area contributed by atoms with Gasteiger partial charge in [-0.1, -0.05) is 0 Å². The van der Waals surface area contributed by atoms with E-state index in [1.165, 1.54) is 0 Å². The molecule has 0 aliphatic rings. The Morgan fingerprint density at radius 2 is 1.79 bits per heavy atom. The second kappa shape index (κ2) is 7.16. The Morgan fingerprint density at radius 1 is 1.29 bits per heavy atom. The van der Waals surface area contributed by atoms with Crippen LogP contribution < -0.4 is 21.3 Å². The summed E-state index contributed by atoms with van der Waals surface area (Å²) in [6, 6.07) is -2.44. The third-order valence-electron chi connectivity index (χ3n) is 1.24. The van der Waals surface area contributed by atoms with Crippen molar-refractivity contribution in [3.63, 3.8) is 0 Å². The normalized spacial score (nSPS) is 10.9. The van der Waals surface area contributed by atoms with E-state index < -0.39 is 30.4 Å². The molecule has 3 N–H and O–H groups in total. The Hall–Kier alpha value is -1.27. The molecule has 0 spiro atoms. The molecule has 0 aromatic heterocycles. The molecule has 0 bridgehead atoms. The van der Waals surface area contributed by atoms with Crippen LogP contribution in [0.15, 0.2) is 0 Å². The molecule has 14 heavy (non-hydrogen) atoms. The van der Waals surface area contributed by atoms with Crippen molar-refractivity contribution in [3.05, 3.63) is 0 Å². The van der Waals surface area contributed by atoms with Gasteiger partial charge in [0.1, 0.15) is 0 Å². The van der Waals surface area contributed by atoms with Gasteiger partial charge in [0, 0.05) is 5.97 Å². The topological polar surface area (TPSA) is 135 Å². The van der Waals surface area contributed by atoms with Crippen molar-refractivity contribution >= 4 is 18.0 Å². The maximum Gasteiger partial charge on any atom is 2.00 e. The summed E-state index contributed by atoms with van der Waals surface area (Å²) >= 11 is 0. The van der Waals surface area contributed by atoms with E-state index in [9.17, 15) is 24.6 Å². The first-order valence-electron chi connectivity index (χ1n) is 3.40. The number of carboxylic acid groups (broad SMARTS) is 2. The van der Waals surface area contributed by atoms with Crippen LogP contribution in [0.5, 0.6) is 0 Å². The van der Waals surface area contributed by atoms with E-state index in [1.807, 2.05) is 5.32 Å². The molecule has 0 aliphatic heterocycles. The Bertz CT molecular complexity index is 232. The molecule has 7 nitrogen and oxygen atoms in total. The van der Waals surface area contributed by atoms with Crippen molar-refractivity contribution in [1.29, 1.82) is 0 Å². The molecule has 0 heterocycles. The van der Waals surface area contributed by atoms with E-state index in [0.717, 1.165) is 0 Å². The van der Waals surface area contributed by atoms with Crippen LogP contribution in [-0.2, 0) is 26.7 Å². The molecule has 1 atom stereocenters. The van der Waals surface area contributed by atoms with Crippen molar-refractivity contribution in [2.45, 2.75) is 18.9 Å². The second-order valence-corrected chi connectivity index (χ2v) is 2.29. The van der Waals surface area contributed by atoms with Crippen LogP contribution in [0.3, 0.4) is 0 Å². The predicted octanol–water partition coefficient (Wildman–Crippen LogP) is -3.70. The van der Waals surface area contributed by atoms with Gasteiger partial charge >= 0.3 is 23.1 Å². The van der Waals surface area contributed by atoms with Gasteiger partial charge in [-0.05, 0) is 12.8 Å². The largest absolute Gasteiger partial charge is 2.00 e. The minimum atomic E-state index is -1.58. The summed E-state index contributed by atoms with van der Waals surface area (Å²) in [5, 5.41) is 22.0. The number of aliphatic carboxylic acids is 2. The Kier molecular flexibility index (Phi) is 7.78. The summed E-state index contributed by atoms with van der Waals surface area (Å²) in [5.41, 5.74) is 4.63. The maximum absolute atomic E-state index is 10.3. The summed E-state index contributed by atoms with van der Waals surface area (Å²) in [4.78, 5) is 30.4. The molecular formula is C6H8MnN2O5. The minimum Gasteiger partial charge on any atom is -0.550 e. The predicted molar refractivity (Wildman–Crippen MR) is 35.8 cm³/mol. The number of amides is 2. The molecule has 0 saturated carbocycles. The van der Waals surface area contributed by atoms with E-state index in [2.05, 4.69) is 5.73 Å². The standard InChI is InChI=1S/C6H10N2O5.Mn/c7-6(13)8-3(5(11)12)1-2-4(9)10;/h3H,1-2H2,(H,9,10)(H,11,12)(H3,7,8,13);/q;+2/p-2. The van der Waals surface area contributed by atoms with E-state index in [1.54, 1.807) is 0 Å². The first-order valence-corrected chi connectivity index (χ1v) is 3.40. The molecular weight excluding hydrogens is 235 g/mol. The van der Waals surface area contributed by atoms with Crippen molar-refractivity contribution in [1.82, 2.24) is 5.32 Å². The number of rotatable bonds is 5. The molecule has 0 aliphatic carbocycles. The zero-order valence-electron chi connectivity index (χ0n) is 6.99. The average molecular weight is 243 g/mol. The third kappa shape index (κ3) is 7.38. The minimum absolute atomic E-state index is 0. The van der Waals surface area contributed by atoms with Crippen molar-refractivity contribution < 1.29 is 41.7 Å². The van der Waals surface area contributed by atoms with Gasteiger partial charge in [-0.15, -0.1) is 0 Å². The first kappa shape index (κ1) is 15.2. The zero-order valence-corrected chi connectivity index (χ0v) is 8.17. The van der Waals surface area contributed by atoms with Gasteiger partial charge in [-0.2, -0.15) is 0 Å². The van der Waals surface area contributed by atoms with Crippen molar-refractivity contribution in [2.24, 2.45) is 5.73 Å². The number of nitrogens with two attached hydrogens (primary N) is 1. The summed E-state index contributed by atoms with van der Waals surface area (Å²) in [7, 11) is 0. The summed E-state index contributed by atoms with van der Waals surface area (Å²) in [6.45, 7) is 0. The fourth-order valence-electron chi connectivity index (χ4n) is 0.683. The first-order chi connectivity index (χ1) is 5.93. The summed E-state index contributed by atoms with van der Waals surface area (Å²) in [6.07, 6.45) is -0.799. The van der Waals surface area contributed by atoms with Crippen LogP contribution in [0, 0.1) is 0 Å². The van der Waals surface area contributed by atoms with E-state index in [0.29, 0.717) is 0 Å². The van der Waals surface area contributed by atoms with Gasteiger partial charge in [-0.25, -0.2) is 4.79 Å². The van der Waals surface area contributed by atoms with Crippen molar-refractivity contribution in [2.75, 3.05) is 0 Å². The zero-order chi connectivity index (χ0) is 10.4. The number of nitrogens with one attached hydrogen (secondary N) is 1. The van der Waals surface area contributed by atoms with Crippen molar-refractivity contribution in [3.8, 4) is 0 Å². The molecule has 0 fully saturated rings.